The number of aromatic nitrogens is 3. The summed E-state index contributed by atoms with van der Waals surface area (Å²) in [7, 11) is -24.1. The van der Waals surface area contributed by atoms with Crippen LogP contribution in [0.5, 0.6) is 0 Å². The van der Waals surface area contributed by atoms with Crippen molar-refractivity contribution in [3.05, 3.63) is 44.1 Å². The fourth-order valence-electron chi connectivity index (χ4n) is 14.5. The van der Waals surface area contributed by atoms with Gasteiger partial charge in [0.25, 0.3) is 64.4 Å². The maximum atomic E-state index is 13.0. The van der Waals surface area contributed by atoms with Gasteiger partial charge in [0.2, 0.25) is 16.9 Å². The fraction of sp³-hybridized carbons (Fsp3) is 0.926. The molecule has 1 aromatic heterocycles. The average Bonchev–Trinajstić information content (AvgIpc) is 1.28. The molecule has 40 nitrogen and oxygen atoms in total. The normalized spacial score (nSPS) is 27.8. The van der Waals surface area contributed by atoms with Crippen LogP contribution in [-0.4, -0.2) is 362 Å². The van der Waals surface area contributed by atoms with Crippen molar-refractivity contribution in [2.24, 2.45) is 0 Å². The quantitative estimate of drug-likeness (QED) is 0.0171. The first-order valence-electron chi connectivity index (χ1n) is 44.9. The summed E-state index contributed by atoms with van der Waals surface area (Å²) in [4.78, 5) is 38.7. The molecule has 0 saturated carbocycles. The number of rotatable bonds is 55. The summed E-state index contributed by atoms with van der Waals surface area (Å²) in [6.45, 7) is 52.9. The molecule has 11 atom stereocenters. The van der Waals surface area contributed by atoms with Gasteiger partial charge in [-0.3, -0.25) is 4.58 Å². The van der Waals surface area contributed by atoms with E-state index in [0.717, 1.165) is 108 Å². The SMILES string of the molecule is C=CCn1c(=O)n(CCC[Si](OC)(OC)OC)c(=O)n(CCC[Si](OC)(OC)OC)c1=O.CC[Si](=O)C[SiH](C)OO[Si](C)(C)[Si](C)(CCCOCC1CO1)O[Si](C)(C)C.CO[Si](CC[Si]1(C)O[SiH](C)O[SiH](C)O[SiH](C)O1)(OC)OC.CO[Si](CC[Si]1(C)O[SiH](C)O[Si](C)(CCCOCC2CO2)O[SiH](C)O1)(OC)OC.C[SiH]1O[SiH](C)O[Si](C)(CCCOCC2CO2)O[SiH](C)O1. The van der Waals surface area contributed by atoms with Crippen molar-refractivity contribution in [3.8, 4) is 0 Å². The Morgan fingerprint density at radius 1 is 0.426 bits per heavy atom. The monoisotopic (exact) mass is 2210 g/mol. The third kappa shape index (κ3) is 46.9. The lowest BCUT2D eigenvalue weighted by atomic mass is 10.4. The van der Waals surface area contributed by atoms with Gasteiger partial charge < -0.3 is 144 Å². The van der Waals surface area contributed by atoms with Crippen LogP contribution in [0.3, 0.4) is 0 Å². The predicted octanol–water partition coefficient (Wildman–Crippen LogP) is 6.34. The van der Waals surface area contributed by atoms with Gasteiger partial charge in [0.15, 0.2) is 16.2 Å². The Balaban J connectivity index is 0.000000420. The lowest BCUT2D eigenvalue weighted by molar-refractivity contribution is -0.114. The number of ether oxygens (including phenoxy) is 6. The van der Waals surface area contributed by atoms with E-state index < -0.39 is 203 Å². The second-order valence-electron chi connectivity index (χ2n) is 34.4. The summed E-state index contributed by atoms with van der Waals surface area (Å²) < 4.78 is 206. The maximum absolute atomic E-state index is 13.0. The van der Waals surface area contributed by atoms with Crippen LogP contribution in [0.25, 0.3) is 0 Å². The van der Waals surface area contributed by atoms with Crippen LogP contribution in [0.2, 0.25) is 191 Å². The van der Waals surface area contributed by atoms with E-state index in [9.17, 15) is 18.8 Å². The molecule has 0 N–H and O–H groups in total. The lowest BCUT2D eigenvalue weighted by Gasteiger charge is -2.43. The third-order valence-electron chi connectivity index (χ3n) is 21.8. The molecule has 129 heavy (non-hydrogen) atoms. The molecule has 6 fully saturated rings. The van der Waals surface area contributed by atoms with E-state index >= 15 is 0 Å². The van der Waals surface area contributed by atoms with Crippen molar-refractivity contribution in [2.75, 3.05) is 145 Å². The smallest absolute Gasteiger partial charge is 0.456 e. The van der Waals surface area contributed by atoms with Crippen molar-refractivity contribution >= 4 is 185 Å². The highest BCUT2D eigenvalue weighted by Gasteiger charge is 2.54. The largest absolute Gasteiger partial charge is 0.500 e. The molecule has 0 spiro atoms. The Morgan fingerprint density at radius 2 is 0.713 bits per heavy atom. The molecule has 0 radical (unpaired) electrons. The topological polar surface area (TPSA) is 398 Å². The highest BCUT2D eigenvalue weighted by Crippen LogP contribution is 2.35. The van der Waals surface area contributed by atoms with Crippen LogP contribution in [0, 0.1) is 0 Å². The van der Waals surface area contributed by atoms with Gasteiger partial charge in [-0.25, -0.2) is 28.1 Å². The zero-order valence-corrected chi connectivity index (χ0v) is 106. The van der Waals surface area contributed by atoms with Crippen LogP contribution in [-0.2, 0) is 168 Å². The summed E-state index contributed by atoms with van der Waals surface area (Å²) in [5.74, 6) is 0. The number of hydrogen-bond donors (Lipinski definition) is 0. The average molecular weight is 2210 g/mol. The molecule has 760 valence electrons. The molecule has 11 unspecified atom stereocenters. The van der Waals surface area contributed by atoms with Crippen LogP contribution in [0.15, 0.2) is 27.0 Å². The van der Waals surface area contributed by atoms with Gasteiger partial charge in [0.05, 0.1) is 46.2 Å². The summed E-state index contributed by atoms with van der Waals surface area (Å²) in [5.41, 5.74) is -1.34. The Kier molecular flexibility index (Phi) is 59.0. The number of epoxide rings is 3. The molecule has 6 saturated heterocycles. The molecular weight excluding hydrogens is 2040 g/mol. The van der Waals surface area contributed by atoms with Gasteiger partial charge in [0, 0.05) is 148 Å². The maximum Gasteiger partial charge on any atom is 0.500 e. The fourth-order valence-corrected chi connectivity index (χ4v) is 93.6. The molecule has 0 amide bonds. The van der Waals surface area contributed by atoms with Gasteiger partial charge in [-0.05, 0) is 193 Å². The Hall–Kier alpha value is 1.18. The van der Waals surface area contributed by atoms with Crippen molar-refractivity contribution in [2.45, 2.75) is 267 Å². The van der Waals surface area contributed by atoms with Crippen LogP contribution >= 0.6 is 0 Å². The lowest BCUT2D eigenvalue weighted by Crippen LogP contribution is -2.64. The minimum Gasteiger partial charge on any atom is -0.456 e. The van der Waals surface area contributed by atoms with E-state index in [4.69, 9.17) is 144 Å². The minimum absolute atomic E-state index is 0.0161. The molecule has 0 aliphatic carbocycles. The first-order valence-corrected chi connectivity index (χ1v) is 93.7. The standard InChI is InChI=1S/C18H35N3O9Si2.C16H40O6Si5.C15H38O9Si5.C10H26O6Si4.C9H28O7Si5/c1-8-11-19-16(22)20(12-9-14-31(25-2,26-3)27-4)18(24)21(17(19)23)13-10-15-32(28-5,29-6)30-7;1-9-24(17)15-23(2)20-21-26(6,7)27(8,22-25(3,4)5)12-10-11-18-13-16-14-19-16;1-16-29(17-2,18-3)12-11-28(7)23-25(4)21-27(6,22-26(5)24-28)10-8-9-19-13-15-14-20-15;1-17-13-18(2)15-20(4,16-19(3)14-17)7-5-6-11-8-10-9-12-10;1-10-21(11-2,12-3)9-8-20(7)15-18(5)13-17(4)14-19(6)16-20/h8H,1,9-15H2,2-7H3;16,23H,9-15H2,1-8H3;15,25-26H,8-14H2,1-7H3;10,17-19H,5-9H2,1-4H3;17-19H,8-9H2,1-7H3. The van der Waals surface area contributed by atoms with E-state index in [1.165, 1.54) is 48.7 Å². The summed E-state index contributed by atoms with van der Waals surface area (Å²) >= 11 is 0. The molecule has 6 aliphatic rings. The molecule has 0 bridgehead atoms. The molecule has 6 aliphatic heterocycles. The van der Waals surface area contributed by atoms with Crippen LogP contribution < -0.4 is 17.1 Å². The molecular formula is C68H167N3O37Si21. The second kappa shape index (κ2) is 61.2. The van der Waals surface area contributed by atoms with E-state index in [1.54, 1.807) is 42.7 Å². The molecule has 7 heterocycles. The van der Waals surface area contributed by atoms with Crippen molar-refractivity contribution < 1.29 is 149 Å². The summed E-state index contributed by atoms with van der Waals surface area (Å²) in [5, 5.41) is 0. The molecule has 0 aromatic carbocycles. The number of hydrogen-bond acceptors (Lipinski definition) is 37. The van der Waals surface area contributed by atoms with Crippen molar-refractivity contribution in [1.29, 1.82) is 0 Å². The van der Waals surface area contributed by atoms with E-state index in [2.05, 4.69) is 111 Å². The second-order valence-corrected chi connectivity index (χ2v) is 102. The predicted molar refractivity (Wildman–Crippen MR) is 539 cm³/mol. The van der Waals surface area contributed by atoms with E-state index in [-0.39, 0.29) is 19.6 Å². The zero-order valence-electron chi connectivity index (χ0n) is 84.0. The van der Waals surface area contributed by atoms with Crippen LogP contribution in [0.4, 0.5) is 0 Å². The molecule has 61 heteroatoms. The number of allylic oxidation sites excluding steroid dienone is 1. The molecule has 1 aromatic rings. The Morgan fingerprint density at radius 3 is 1.00 bits per heavy atom. The molecule has 7 rings (SSSR count). The number of nitrogens with zero attached hydrogens (tertiary/aromatic N) is 3. The van der Waals surface area contributed by atoms with Crippen molar-refractivity contribution in [3.63, 3.8) is 0 Å². The Labute approximate surface area is 798 Å². The summed E-state index contributed by atoms with van der Waals surface area (Å²) in [6, 6.07) is 7.20. The zero-order chi connectivity index (χ0) is 97.3. The van der Waals surface area contributed by atoms with Gasteiger partial charge >= 0.3 is 105 Å². The third-order valence-corrected chi connectivity index (χ3v) is 101. The Bertz CT molecular complexity index is 3330. The first-order chi connectivity index (χ1) is 60.5. The first kappa shape index (κ1) is 124. The van der Waals surface area contributed by atoms with E-state index in [0.29, 0.717) is 81.8 Å². The highest BCUT2D eigenvalue weighted by molar-refractivity contribution is 7.37. The summed E-state index contributed by atoms with van der Waals surface area (Å²) in [6.07, 6.45) is 6.02. The highest BCUT2D eigenvalue weighted by atomic mass is 29.3. The van der Waals surface area contributed by atoms with Gasteiger partial charge in [-0.15, -0.1) is 6.58 Å². The van der Waals surface area contributed by atoms with Gasteiger partial charge in [-0.1, -0.05) is 13.0 Å². The van der Waals surface area contributed by atoms with Gasteiger partial charge in [0.1, 0.15) is 18.3 Å². The minimum atomic E-state index is -2.86. The van der Waals surface area contributed by atoms with Gasteiger partial charge in [-0.2, -0.15) is 0 Å². The van der Waals surface area contributed by atoms with Crippen LogP contribution in [0.1, 0.15) is 39.0 Å². The van der Waals surface area contributed by atoms with Crippen molar-refractivity contribution in [1.82, 2.24) is 13.7 Å². The van der Waals surface area contributed by atoms with E-state index in [1.807, 2.05) is 26.6 Å².